The minimum absolute atomic E-state index is 0.161. The van der Waals surface area contributed by atoms with E-state index in [4.69, 9.17) is 14.2 Å². The van der Waals surface area contributed by atoms with Crippen LogP contribution in [0.5, 0.6) is 0 Å². The molecule has 0 aromatic heterocycles. The summed E-state index contributed by atoms with van der Waals surface area (Å²) >= 11 is 0. The Morgan fingerprint density at radius 3 is 2.19 bits per heavy atom. The molecule has 0 aliphatic rings. The van der Waals surface area contributed by atoms with Crippen molar-refractivity contribution in [2.45, 2.75) is 58.9 Å². The van der Waals surface area contributed by atoms with Crippen LogP contribution in [0.25, 0.3) is 11.1 Å². The van der Waals surface area contributed by atoms with E-state index in [-0.39, 0.29) is 24.9 Å². The van der Waals surface area contributed by atoms with Crippen LogP contribution < -0.4 is 10.6 Å². The maximum absolute atomic E-state index is 13.5. The molecule has 0 radical (unpaired) electrons. The van der Waals surface area contributed by atoms with Gasteiger partial charge in [0.1, 0.15) is 23.5 Å². The lowest BCUT2D eigenvalue weighted by molar-refractivity contribution is -0.146. The third kappa shape index (κ3) is 9.30. The minimum Gasteiger partial charge on any atom is -0.467 e. The monoisotopic (exact) mass is 502 g/mol. The fraction of sp³-hybridized carbons (Fsp3) is 0.444. The first-order valence-corrected chi connectivity index (χ1v) is 11.7. The van der Waals surface area contributed by atoms with Crippen LogP contribution in [0.15, 0.2) is 48.5 Å². The molecule has 2 atom stereocenters. The van der Waals surface area contributed by atoms with Gasteiger partial charge in [0.25, 0.3) is 0 Å². The van der Waals surface area contributed by atoms with E-state index in [0.29, 0.717) is 0 Å². The molecule has 0 aliphatic carbocycles. The Labute approximate surface area is 211 Å². The van der Waals surface area contributed by atoms with Crippen LogP contribution in [-0.4, -0.2) is 49.4 Å². The molecule has 0 aliphatic heterocycles. The highest BCUT2D eigenvalue weighted by molar-refractivity contribution is 5.89. The van der Waals surface area contributed by atoms with Crippen LogP contribution in [0.4, 0.5) is 9.18 Å². The number of ether oxygens (including phenoxy) is 3. The van der Waals surface area contributed by atoms with Crippen molar-refractivity contribution in [3.05, 3.63) is 59.9 Å². The molecule has 0 saturated carbocycles. The Kier molecular flexibility index (Phi) is 10.4. The smallest absolute Gasteiger partial charge is 0.408 e. The van der Waals surface area contributed by atoms with Crippen molar-refractivity contribution in [3.63, 3.8) is 0 Å². The van der Waals surface area contributed by atoms with Gasteiger partial charge in [0.05, 0.1) is 20.3 Å². The second-order valence-corrected chi connectivity index (χ2v) is 9.67. The fourth-order valence-electron chi connectivity index (χ4n) is 3.27. The number of halogens is 1. The van der Waals surface area contributed by atoms with E-state index in [0.717, 1.165) is 16.7 Å². The number of benzene rings is 2. The summed E-state index contributed by atoms with van der Waals surface area (Å²) < 4.78 is 29.2. The fourth-order valence-corrected chi connectivity index (χ4v) is 3.27. The Bertz CT molecular complexity index is 1030. The summed E-state index contributed by atoms with van der Waals surface area (Å²) in [6.07, 6.45) is -0.787. The lowest BCUT2D eigenvalue weighted by Crippen LogP contribution is -2.55. The largest absolute Gasteiger partial charge is 0.467 e. The van der Waals surface area contributed by atoms with Crippen LogP contribution >= 0.6 is 0 Å². The molecule has 2 N–H and O–H groups in total. The molecule has 2 aromatic rings. The second kappa shape index (κ2) is 13.0. The van der Waals surface area contributed by atoms with Gasteiger partial charge in [-0.2, -0.15) is 0 Å². The normalized spacial score (nSPS) is 13.0. The average molecular weight is 503 g/mol. The summed E-state index contributed by atoms with van der Waals surface area (Å²) in [5.41, 5.74) is 1.67. The van der Waals surface area contributed by atoms with Crippen molar-refractivity contribution >= 4 is 18.0 Å². The number of carbonyl (C=O) groups excluding carboxylic acids is 3. The summed E-state index contributed by atoms with van der Waals surface area (Å²) in [6.45, 7) is 8.65. The van der Waals surface area contributed by atoms with Gasteiger partial charge in [0.2, 0.25) is 5.91 Å². The first-order chi connectivity index (χ1) is 16.9. The molecule has 0 heterocycles. The van der Waals surface area contributed by atoms with E-state index >= 15 is 0 Å². The maximum Gasteiger partial charge on any atom is 0.408 e. The molecule has 2 amide bonds. The average Bonchev–Trinajstić information content (AvgIpc) is 2.80. The number of hydrogen-bond donors (Lipinski definition) is 2. The third-order valence-corrected chi connectivity index (χ3v) is 5.09. The van der Waals surface area contributed by atoms with E-state index in [2.05, 4.69) is 10.6 Å². The maximum atomic E-state index is 13.5. The molecule has 0 bridgehead atoms. The SMILES string of the molecule is COC(=O)[C@H](NC(=O)[C@H](COCc1ccc(-c2cccc(F)c2)cc1)NC(=O)OC(C)(C)C)C(C)C. The van der Waals surface area contributed by atoms with Crippen LogP contribution in [0.1, 0.15) is 40.2 Å². The number of amides is 2. The molecular weight excluding hydrogens is 467 g/mol. The first kappa shape index (κ1) is 28.8. The summed E-state index contributed by atoms with van der Waals surface area (Å²) in [5, 5.41) is 5.13. The van der Waals surface area contributed by atoms with Crippen LogP contribution in [0.3, 0.4) is 0 Å². The highest BCUT2D eigenvalue weighted by Gasteiger charge is 2.30. The van der Waals surface area contributed by atoms with Crippen molar-refractivity contribution < 1.29 is 33.0 Å². The van der Waals surface area contributed by atoms with Crippen molar-refractivity contribution in [3.8, 4) is 11.1 Å². The van der Waals surface area contributed by atoms with Gasteiger partial charge in [-0.3, -0.25) is 4.79 Å². The van der Waals surface area contributed by atoms with Crippen LogP contribution in [-0.2, 0) is 30.4 Å². The van der Waals surface area contributed by atoms with Crippen molar-refractivity contribution in [2.24, 2.45) is 5.92 Å². The number of hydrogen-bond acceptors (Lipinski definition) is 6. The zero-order valence-corrected chi connectivity index (χ0v) is 21.6. The zero-order chi connectivity index (χ0) is 26.9. The highest BCUT2D eigenvalue weighted by atomic mass is 19.1. The van der Waals surface area contributed by atoms with Crippen molar-refractivity contribution in [1.29, 1.82) is 0 Å². The highest BCUT2D eigenvalue weighted by Crippen LogP contribution is 2.21. The summed E-state index contributed by atoms with van der Waals surface area (Å²) in [5.74, 6) is -1.74. The van der Waals surface area contributed by atoms with Gasteiger partial charge < -0.3 is 24.8 Å². The Balaban J connectivity index is 2.06. The number of carbonyl (C=O) groups is 3. The zero-order valence-electron chi connectivity index (χ0n) is 21.6. The first-order valence-electron chi connectivity index (χ1n) is 11.7. The van der Waals surface area contributed by atoms with Gasteiger partial charge in [-0.25, -0.2) is 14.0 Å². The van der Waals surface area contributed by atoms with E-state index in [1.807, 2.05) is 30.3 Å². The Hall–Kier alpha value is -3.46. The second-order valence-electron chi connectivity index (χ2n) is 9.67. The molecular formula is C27H35FN2O6. The molecule has 0 fully saturated rings. The molecule has 0 saturated heterocycles. The quantitative estimate of drug-likeness (QED) is 0.472. The number of alkyl carbamates (subject to hydrolysis) is 1. The van der Waals surface area contributed by atoms with Gasteiger partial charge in [-0.1, -0.05) is 50.2 Å². The van der Waals surface area contributed by atoms with E-state index in [1.165, 1.54) is 19.2 Å². The van der Waals surface area contributed by atoms with Crippen LogP contribution in [0.2, 0.25) is 0 Å². The minimum atomic E-state index is -1.11. The summed E-state index contributed by atoms with van der Waals surface area (Å²) in [4.78, 5) is 37.3. The van der Waals surface area contributed by atoms with Crippen molar-refractivity contribution in [2.75, 3.05) is 13.7 Å². The molecule has 2 aromatic carbocycles. The van der Waals surface area contributed by atoms with E-state index in [1.54, 1.807) is 40.7 Å². The third-order valence-electron chi connectivity index (χ3n) is 5.09. The van der Waals surface area contributed by atoms with Gasteiger partial charge in [-0.05, 0) is 55.5 Å². The standard InChI is InChI=1S/C27H35FN2O6/c1-17(2)23(25(32)34-6)30-24(31)22(29-26(33)36-27(3,4)5)16-35-15-18-10-12-19(13-11-18)20-8-7-9-21(28)14-20/h7-14,17,22-23H,15-16H2,1-6H3,(H,29,33)(H,30,31)/t22-,23+/m0/s1. The molecule has 2 rings (SSSR count). The van der Waals surface area contributed by atoms with E-state index in [9.17, 15) is 18.8 Å². The molecule has 8 nitrogen and oxygen atoms in total. The lowest BCUT2D eigenvalue weighted by atomic mass is 10.0. The van der Waals surface area contributed by atoms with Gasteiger partial charge in [0, 0.05) is 0 Å². The molecule has 9 heteroatoms. The predicted octanol–water partition coefficient (Wildman–Crippen LogP) is 4.22. The van der Waals surface area contributed by atoms with Gasteiger partial charge in [0.15, 0.2) is 0 Å². The Morgan fingerprint density at radius 1 is 0.972 bits per heavy atom. The van der Waals surface area contributed by atoms with Gasteiger partial charge >= 0.3 is 12.1 Å². The number of rotatable bonds is 10. The lowest BCUT2D eigenvalue weighted by Gasteiger charge is -2.26. The van der Waals surface area contributed by atoms with E-state index < -0.39 is 35.7 Å². The molecule has 36 heavy (non-hydrogen) atoms. The number of methoxy groups -OCH3 is 1. The molecule has 0 spiro atoms. The summed E-state index contributed by atoms with van der Waals surface area (Å²) in [6, 6.07) is 11.7. The van der Waals surface area contributed by atoms with Gasteiger partial charge in [-0.15, -0.1) is 0 Å². The molecule has 0 unspecified atom stereocenters. The number of nitrogens with one attached hydrogen (secondary N) is 2. The Morgan fingerprint density at radius 2 is 1.64 bits per heavy atom. The van der Waals surface area contributed by atoms with Crippen LogP contribution in [0, 0.1) is 11.7 Å². The van der Waals surface area contributed by atoms with Crippen molar-refractivity contribution in [1.82, 2.24) is 10.6 Å². The number of esters is 1. The predicted molar refractivity (Wildman–Crippen MR) is 133 cm³/mol. The summed E-state index contributed by atoms with van der Waals surface area (Å²) in [7, 11) is 1.24. The molecule has 196 valence electrons. The topological polar surface area (TPSA) is 103 Å².